The van der Waals surface area contributed by atoms with Gasteiger partial charge in [0.25, 0.3) is 0 Å². The van der Waals surface area contributed by atoms with Gasteiger partial charge in [0.1, 0.15) is 5.82 Å². The monoisotopic (exact) mass is 329 g/mol. The van der Waals surface area contributed by atoms with Crippen molar-refractivity contribution in [1.82, 2.24) is 5.32 Å². The van der Waals surface area contributed by atoms with Crippen LogP contribution in [0.2, 0.25) is 0 Å². The Balaban J connectivity index is 2.68. The lowest BCUT2D eigenvalue weighted by molar-refractivity contribution is 0.451. The SMILES string of the molecule is CCCCCCC(NCCC)c1cc(Br)ccc1F. The summed E-state index contributed by atoms with van der Waals surface area (Å²) in [5, 5.41) is 3.47. The van der Waals surface area contributed by atoms with E-state index in [9.17, 15) is 4.39 Å². The van der Waals surface area contributed by atoms with Crippen LogP contribution in [0.3, 0.4) is 0 Å². The summed E-state index contributed by atoms with van der Waals surface area (Å²) in [5.74, 6) is -0.104. The quantitative estimate of drug-likeness (QED) is 0.581. The first kappa shape index (κ1) is 16.6. The Labute approximate surface area is 125 Å². The van der Waals surface area contributed by atoms with Crippen LogP contribution in [0.15, 0.2) is 22.7 Å². The van der Waals surface area contributed by atoms with Gasteiger partial charge in [-0.05, 0) is 37.6 Å². The molecule has 0 aliphatic carbocycles. The van der Waals surface area contributed by atoms with Gasteiger partial charge in [0, 0.05) is 16.1 Å². The molecule has 1 unspecified atom stereocenters. The van der Waals surface area contributed by atoms with Gasteiger partial charge in [0.15, 0.2) is 0 Å². The first-order valence-corrected chi connectivity index (χ1v) is 8.16. The molecule has 1 aromatic rings. The van der Waals surface area contributed by atoms with Crippen molar-refractivity contribution in [2.45, 2.75) is 58.4 Å². The maximum Gasteiger partial charge on any atom is 0.128 e. The smallest absolute Gasteiger partial charge is 0.128 e. The summed E-state index contributed by atoms with van der Waals surface area (Å²) in [6.45, 7) is 5.28. The lowest BCUT2D eigenvalue weighted by Crippen LogP contribution is -2.23. The van der Waals surface area contributed by atoms with E-state index in [2.05, 4.69) is 35.1 Å². The molecule has 0 aromatic heterocycles. The molecule has 1 aromatic carbocycles. The van der Waals surface area contributed by atoms with E-state index in [1.165, 1.54) is 19.3 Å². The Bertz CT molecular complexity index is 368. The average molecular weight is 330 g/mol. The van der Waals surface area contributed by atoms with Crippen molar-refractivity contribution in [2.24, 2.45) is 0 Å². The van der Waals surface area contributed by atoms with Crippen LogP contribution in [0.25, 0.3) is 0 Å². The molecule has 0 saturated carbocycles. The van der Waals surface area contributed by atoms with Crippen LogP contribution in [0.4, 0.5) is 4.39 Å². The van der Waals surface area contributed by atoms with E-state index in [1.54, 1.807) is 12.1 Å². The Morgan fingerprint density at radius 3 is 2.63 bits per heavy atom. The molecule has 0 aliphatic rings. The van der Waals surface area contributed by atoms with Gasteiger partial charge >= 0.3 is 0 Å². The van der Waals surface area contributed by atoms with Gasteiger partial charge in [0.2, 0.25) is 0 Å². The van der Waals surface area contributed by atoms with E-state index in [-0.39, 0.29) is 11.9 Å². The third-order valence-corrected chi connectivity index (χ3v) is 3.81. The van der Waals surface area contributed by atoms with E-state index in [0.29, 0.717) is 0 Å². The molecule has 1 rings (SSSR count). The van der Waals surface area contributed by atoms with E-state index in [0.717, 1.165) is 35.8 Å². The molecule has 0 bridgehead atoms. The molecule has 108 valence electrons. The van der Waals surface area contributed by atoms with Crippen molar-refractivity contribution in [3.05, 3.63) is 34.1 Å². The molecule has 19 heavy (non-hydrogen) atoms. The molecule has 0 spiro atoms. The highest BCUT2D eigenvalue weighted by molar-refractivity contribution is 9.10. The molecule has 0 saturated heterocycles. The summed E-state index contributed by atoms with van der Waals surface area (Å²) < 4.78 is 14.9. The lowest BCUT2D eigenvalue weighted by atomic mass is 9.99. The van der Waals surface area contributed by atoms with Crippen LogP contribution in [-0.4, -0.2) is 6.54 Å². The number of hydrogen-bond acceptors (Lipinski definition) is 1. The molecule has 0 heterocycles. The minimum Gasteiger partial charge on any atom is -0.310 e. The number of nitrogens with one attached hydrogen (secondary N) is 1. The molecular formula is C16H25BrFN. The molecule has 1 atom stereocenters. The highest BCUT2D eigenvalue weighted by Crippen LogP contribution is 2.26. The van der Waals surface area contributed by atoms with Crippen molar-refractivity contribution >= 4 is 15.9 Å². The maximum absolute atomic E-state index is 14.0. The number of unbranched alkanes of at least 4 members (excludes halogenated alkanes) is 3. The van der Waals surface area contributed by atoms with Crippen LogP contribution in [-0.2, 0) is 0 Å². The van der Waals surface area contributed by atoms with Gasteiger partial charge in [-0.25, -0.2) is 4.39 Å². The van der Waals surface area contributed by atoms with E-state index in [4.69, 9.17) is 0 Å². The van der Waals surface area contributed by atoms with Gasteiger partial charge in [-0.15, -0.1) is 0 Å². The maximum atomic E-state index is 14.0. The Hall–Kier alpha value is -0.410. The van der Waals surface area contributed by atoms with Gasteiger partial charge in [-0.2, -0.15) is 0 Å². The van der Waals surface area contributed by atoms with Crippen molar-refractivity contribution in [3.63, 3.8) is 0 Å². The Morgan fingerprint density at radius 1 is 1.16 bits per heavy atom. The van der Waals surface area contributed by atoms with Crippen LogP contribution in [0, 0.1) is 5.82 Å². The van der Waals surface area contributed by atoms with Crippen LogP contribution >= 0.6 is 15.9 Å². The molecule has 0 fully saturated rings. The number of rotatable bonds is 9. The molecular weight excluding hydrogens is 305 g/mol. The number of hydrogen-bond donors (Lipinski definition) is 1. The zero-order chi connectivity index (χ0) is 14.1. The number of benzene rings is 1. The largest absolute Gasteiger partial charge is 0.310 e. The summed E-state index contributed by atoms with van der Waals surface area (Å²) in [6, 6.07) is 5.34. The van der Waals surface area contributed by atoms with Crippen molar-refractivity contribution in [3.8, 4) is 0 Å². The zero-order valence-corrected chi connectivity index (χ0v) is 13.6. The first-order valence-electron chi connectivity index (χ1n) is 7.37. The summed E-state index contributed by atoms with van der Waals surface area (Å²) in [4.78, 5) is 0. The third kappa shape index (κ3) is 6.05. The van der Waals surface area contributed by atoms with Crippen LogP contribution in [0.5, 0.6) is 0 Å². The summed E-state index contributed by atoms with van der Waals surface area (Å²) >= 11 is 3.43. The number of halogens is 2. The van der Waals surface area contributed by atoms with Crippen molar-refractivity contribution in [2.75, 3.05) is 6.54 Å². The van der Waals surface area contributed by atoms with Gasteiger partial charge in [-0.3, -0.25) is 0 Å². The lowest BCUT2D eigenvalue weighted by Gasteiger charge is -2.20. The minimum absolute atomic E-state index is 0.104. The topological polar surface area (TPSA) is 12.0 Å². The van der Waals surface area contributed by atoms with Crippen molar-refractivity contribution in [1.29, 1.82) is 0 Å². The van der Waals surface area contributed by atoms with Crippen LogP contribution < -0.4 is 5.32 Å². The summed E-state index contributed by atoms with van der Waals surface area (Å²) in [7, 11) is 0. The highest BCUT2D eigenvalue weighted by Gasteiger charge is 2.15. The molecule has 0 radical (unpaired) electrons. The molecule has 1 N–H and O–H groups in total. The fourth-order valence-corrected chi connectivity index (χ4v) is 2.62. The second-order valence-corrected chi connectivity index (χ2v) is 5.94. The second-order valence-electron chi connectivity index (χ2n) is 5.02. The van der Waals surface area contributed by atoms with Crippen LogP contribution in [0.1, 0.15) is 64.0 Å². The second kappa shape index (κ2) is 9.49. The highest BCUT2D eigenvalue weighted by atomic mass is 79.9. The fraction of sp³-hybridized carbons (Fsp3) is 0.625. The molecule has 1 nitrogen and oxygen atoms in total. The zero-order valence-electron chi connectivity index (χ0n) is 12.0. The van der Waals surface area contributed by atoms with E-state index >= 15 is 0 Å². The molecule has 0 aliphatic heterocycles. The average Bonchev–Trinajstić information content (AvgIpc) is 2.41. The first-order chi connectivity index (χ1) is 9.19. The Morgan fingerprint density at radius 2 is 1.95 bits per heavy atom. The van der Waals surface area contributed by atoms with Crippen molar-refractivity contribution < 1.29 is 4.39 Å². The van der Waals surface area contributed by atoms with E-state index < -0.39 is 0 Å². The van der Waals surface area contributed by atoms with E-state index in [1.807, 2.05) is 6.07 Å². The molecule has 0 amide bonds. The predicted octanol–water partition coefficient (Wildman–Crippen LogP) is 5.60. The molecule has 3 heteroatoms. The fourth-order valence-electron chi connectivity index (χ4n) is 2.24. The van der Waals surface area contributed by atoms with Gasteiger partial charge in [0.05, 0.1) is 0 Å². The minimum atomic E-state index is -0.104. The summed E-state index contributed by atoms with van der Waals surface area (Å²) in [6.07, 6.45) is 6.96. The standard InChI is InChI=1S/C16H25BrFN/c1-3-5-6-7-8-16(19-11-4-2)14-12-13(17)9-10-15(14)18/h9-10,12,16,19H,3-8,11H2,1-2H3. The normalized spacial score (nSPS) is 12.6. The van der Waals surface area contributed by atoms with Gasteiger partial charge < -0.3 is 5.32 Å². The Kier molecular flexibility index (Phi) is 8.31. The predicted molar refractivity (Wildman–Crippen MR) is 83.9 cm³/mol. The van der Waals surface area contributed by atoms with Gasteiger partial charge in [-0.1, -0.05) is 55.5 Å². The third-order valence-electron chi connectivity index (χ3n) is 3.32. The summed E-state index contributed by atoms with van der Waals surface area (Å²) in [5.41, 5.74) is 0.791.